The number of amides is 1. The van der Waals surface area contributed by atoms with Crippen LogP contribution in [0.25, 0.3) is 11.2 Å². The quantitative estimate of drug-likeness (QED) is 0.306. The first-order valence-electron chi connectivity index (χ1n) is 15.0. The SMILES string of the molecule is C[C@H](OC(=O)OCCN1CCOCC1)C(=O)N1CCC(CCn2c(Sc3cc4c(cc3Br)OCO4)nc3c(N)ncnc32)CC1. The molecule has 3 aromatic rings. The van der Waals surface area contributed by atoms with Gasteiger partial charge in [-0.25, -0.2) is 19.7 Å². The molecule has 14 nitrogen and oxygen atoms in total. The molecule has 2 saturated heterocycles. The fourth-order valence-corrected chi connectivity index (χ4v) is 7.12. The molecule has 0 spiro atoms. The molecule has 3 aliphatic heterocycles. The summed E-state index contributed by atoms with van der Waals surface area (Å²) in [5, 5.41) is 0.743. The Kier molecular flexibility index (Phi) is 10.1. The lowest BCUT2D eigenvalue weighted by Crippen LogP contribution is -2.44. The smallest absolute Gasteiger partial charge is 0.454 e. The molecule has 0 saturated carbocycles. The Bertz CT molecular complexity index is 1530. The maximum atomic E-state index is 13.0. The lowest BCUT2D eigenvalue weighted by Gasteiger charge is -2.33. The number of fused-ring (bicyclic) bond motifs is 2. The number of hydrogen-bond donors (Lipinski definition) is 1. The van der Waals surface area contributed by atoms with E-state index >= 15 is 0 Å². The van der Waals surface area contributed by atoms with Crippen molar-refractivity contribution in [3.63, 3.8) is 0 Å². The number of likely N-dealkylation sites (tertiary alicyclic amines) is 1. The monoisotopic (exact) mass is 705 g/mol. The fourth-order valence-electron chi connectivity index (χ4n) is 5.61. The second-order valence-electron chi connectivity index (χ2n) is 11.1. The van der Waals surface area contributed by atoms with Gasteiger partial charge in [0.1, 0.15) is 12.9 Å². The number of nitrogens with zero attached hydrogens (tertiary/aromatic N) is 6. The van der Waals surface area contributed by atoms with E-state index in [-0.39, 0.29) is 19.3 Å². The molecule has 2 aromatic heterocycles. The zero-order valence-corrected chi connectivity index (χ0v) is 27.4. The van der Waals surface area contributed by atoms with E-state index < -0.39 is 12.3 Å². The Labute approximate surface area is 273 Å². The zero-order chi connectivity index (χ0) is 31.3. The van der Waals surface area contributed by atoms with Crippen LogP contribution in [-0.2, 0) is 25.5 Å². The lowest BCUT2D eigenvalue weighted by molar-refractivity contribution is -0.142. The standard InChI is InChI=1S/C29H36BrN7O7S/c1-18(44-29(39)41-13-10-35-8-11-40-12-9-35)27(38)36-5-2-19(3-6-36)4-7-37-26-24(25(31)32-16-33-26)34-28(37)45-23-15-22-21(14-20(23)30)42-17-43-22/h14-16,18-19H,2-13,17H2,1H3,(H2,31,32,33)/t18-/m0/s1. The molecule has 2 fully saturated rings. The number of carbonyl (C=O) groups excluding carboxylic acids is 2. The molecule has 0 bridgehead atoms. The van der Waals surface area contributed by atoms with Crippen molar-refractivity contribution >= 4 is 56.7 Å². The number of aryl methyl sites for hydroxylation is 1. The molecule has 0 aliphatic carbocycles. The van der Waals surface area contributed by atoms with Gasteiger partial charge in [0.2, 0.25) is 6.79 Å². The van der Waals surface area contributed by atoms with Crippen LogP contribution in [-0.4, -0.2) is 107 Å². The number of imidazole rings is 1. The molecule has 3 aliphatic rings. The van der Waals surface area contributed by atoms with Crippen LogP contribution in [0.3, 0.4) is 0 Å². The Morgan fingerprint density at radius 2 is 1.87 bits per heavy atom. The Morgan fingerprint density at radius 1 is 1.11 bits per heavy atom. The summed E-state index contributed by atoms with van der Waals surface area (Å²) in [6, 6.07) is 3.82. The molecular weight excluding hydrogens is 670 g/mol. The molecule has 242 valence electrons. The van der Waals surface area contributed by atoms with E-state index in [1.165, 1.54) is 18.1 Å². The number of halogens is 1. The van der Waals surface area contributed by atoms with Crippen molar-refractivity contribution in [2.45, 2.75) is 48.9 Å². The van der Waals surface area contributed by atoms with Crippen LogP contribution in [0, 0.1) is 5.92 Å². The van der Waals surface area contributed by atoms with Crippen molar-refractivity contribution in [2.24, 2.45) is 5.92 Å². The molecule has 0 unspecified atom stereocenters. The van der Waals surface area contributed by atoms with Crippen LogP contribution in [0.1, 0.15) is 26.2 Å². The first kappa shape index (κ1) is 31.6. The minimum atomic E-state index is -0.907. The summed E-state index contributed by atoms with van der Waals surface area (Å²) in [5.74, 6) is 1.89. The van der Waals surface area contributed by atoms with Crippen molar-refractivity contribution < 1.29 is 33.3 Å². The van der Waals surface area contributed by atoms with Crippen molar-refractivity contribution in [1.29, 1.82) is 0 Å². The molecule has 1 atom stereocenters. The number of morpholine rings is 1. The molecule has 0 radical (unpaired) electrons. The van der Waals surface area contributed by atoms with Crippen LogP contribution in [0.5, 0.6) is 11.5 Å². The number of anilines is 1. The Hall–Kier alpha value is -3.34. The molecule has 1 amide bonds. The summed E-state index contributed by atoms with van der Waals surface area (Å²) in [6.07, 6.45) is 2.26. The predicted molar refractivity (Wildman–Crippen MR) is 167 cm³/mol. The molecular formula is C29H36BrN7O7S. The number of ether oxygens (including phenoxy) is 5. The van der Waals surface area contributed by atoms with E-state index in [0.717, 1.165) is 46.9 Å². The summed E-state index contributed by atoms with van der Waals surface area (Å²) >= 11 is 5.13. The average Bonchev–Trinajstić information content (AvgIpc) is 3.65. The third-order valence-electron chi connectivity index (χ3n) is 8.19. The molecule has 5 heterocycles. The first-order chi connectivity index (χ1) is 21.9. The van der Waals surface area contributed by atoms with E-state index in [0.29, 0.717) is 73.8 Å². The zero-order valence-electron chi connectivity index (χ0n) is 25.0. The van der Waals surface area contributed by atoms with Crippen LogP contribution in [0.4, 0.5) is 10.6 Å². The van der Waals surface area contributed by atoms with Crippen LogP contribution >= 0.6 is 27.7 Å². The minimum absolute atomic E-state index is 0.194. The number of benzene rings is 1. The third-order valence-corrected chi connectivity index (χ3v) is 10.2. The largest absolute Gasteiger partial charge is 0.509 e. The Morgan fingerprint density at radius 3 is 2.64 bits per heavy atom. The van der Waals surface area contributed by atoms with E-state index in [2.05, 4.69) is 35.4 Å². The van der Waals surface area contributed by atoms with Gasteiger partial charge in [0.15, 0.2) is 39.7 Å². The first-order valence-corrected chi connectivity index (χ1v) is 16.6. The van der Waals surface area contributed by atoms with Gasteiger partial charge in [0, 0.05) is 48.6 Å². The van der Waals surface area contributed by atoms with Crippen LogP contribution < -0.4 is 15.2 Å². The van der Waals surface area contributed by atoms with E-state index in [4.69, 9.17) is 34.4 Å². The second-order valence-corrected chi connectivity index (χ2v) is 12.9. The highest BCUT2D eigenvalue weighted by molar-refractivity contribution is 9.10. The molecule has 2 N–H and O–H groups in total. The van der Waals surface area contributed by atoms with Gasteiger partial charge in [-0.3, -0.25) is 9.69 Å². The van der Waals surface area contributed by atoms with Crippen LogP contribution in [0.15, 0.2) is 33.0 Å². The highest BCUT2D eigenvalue weighted by Crippen LogP contribution is 2.43. The highest BCUT2D eigenvalue weighted by Gasteiger charge is 2.29. The highest BCUT2D eigenvalue weighted by atomic mass is 79.9. The molecule has 6 rings (SSSR count). The van der Waals surface area contributed by atoms with Crippen molar-refractivity contribution in [3.8, 4) is 11.5 Å². The van der Waals surface area contributed by atoms with E-state index in [1.54, 1.807) is 11.8 Å². The summed E-state index contributed by atoms with van der Waals surface area (Å²) in [4.78, 5) is 43.4. The lowest BCUT2D eigenvalue weighted by atomic mass is 9.93. The van der Waals surface area contributed by atoms with Gasteiger partial charge in [-0.1, -0.05) is 11.8 Å². The van der Waals surface area contributed by atoms with Crippen molar-refractivity contribution in [2.75, 3.05) is 65.1 Å². The van der Waals surface area contributed by atoms with E-state index in [9.17, 15) is 9.59 Å². The third kappa shape index (κ3) is 7.56. The number of nitrogens with two attached hydrogens (primary N) is 1. The minimum Gasteiger partial charge on any atom is -0.454 e. The number of hydrogen-bond acceptors (Lipinski definition) is 13. The fraction of sp³-hybridized carbons (Fsp3) is 0.552. The van der Waals surface area contributed by atoms with Gasteiger partial charge < -0.3 is 38.9 Å². The second kappa shape index (κ2) is 14.4. The van der Waals surface area contributed by atoms with E-state index in [1.807, 2.05) is 12.1 Å². The number of rotatable bonds is 10. The van der Waals surface area contributed by atoms with Crippen LogP contribution in [0.2, 0.25) is 0 Å². The Balaban J connectivity index is 1.01. The van der Waals surface area contributed by atoms with Gasteiger partial charge in [-0.2, -0.15) is 0 Å². The molecule has 45 heavy (non-hydrogen) atoms. The summed E-state index contributed by atoms with van der Waals surface area (Å²) in [5.41, 5.74) is 7.40. The number of carbonyl (C=O) groups is 2. The predicted octanol–water partition coefficient (Wildman–Crippen LogP) is 3.55. The van der Waals surface area contributed by atoms with Gasteiger partial charge >= 0.3 is 6.16 Å². The van der Waals surface area contributed by atoms with Gasteiger partial charge in [-0.05, 0) is 60.2 Å². The van der Waals surface area contributed by atoms with Gasteiger partial charge in [0.25, 0.3) is 5.91 Å². The molecule has 16 heteroatoms. The number of nitrogen functional groups attached to an aromatic ring is 1. The summed E-state index contributed by atoms with van der Waals surface area (Å²) in [7, 11) is 0. The molecule has 1 aromatic carbocycles. The maximum Gasteiger partial charge on any atom is 0.509 e. The summed E-state index contributed by atoms with van der Waals surface area (Å²) < 4.78 is 29.8. The number of aromatic nitrogens is 4. The van der Waals surface area contributed by atoms with Crippen molar-refractivity contribution in [3.05, 3.63) is 22.9 Å². The summed E-state index contributed by atoms with van der Waals surface area (Å²) in [6.45, 7) is 7.44. The average molecular weight is 707 g/mol. The topological polar surface area (TPSA) is 156 Å². The number of piperidine rings is 1. The van der Waals surface area contributed by atoms with Gasteiger partial charge in [-0.15, -0.1) is 0 Å². The van der Waals surface area contributed by atoms with Crippen molar-refractivity contribution in [1.82, 2.24) is 29.3 Å². The normalized spacial score (nSPS) is 17.9. The van der Waals surface area contributed by atoms with Gasteiger partial charge in [0.05, 0.1) is 13.2 Å². The maximum absolute atomic E-state index is 13.0.